The van der Waals surface area contributed by atoms with Gasteiger partial charge in [0.2, 0.25) is 5.82 Å². The Labute approximate surface area is 128 Å². The average molecular weight is 330 g/mol. The second-order valence-electron chi connectivity index (χ2n) is 4.41. The molecule has 0 fully saturated rings. The molecule has 1 heterocycles. The molecule has 2 N–H and O–H groups in total. The van der Waals surface area contributed by atoms with Crippen LogP contribution in [0.5, 0.6) is 0 Å². The highest BCUT2D eigenvalue weighted by Gasteiger charge is 2.38. The number of halogens is 3. The van der Waals surface area contributed by atoms with Crippen molar-refractivity contribution >= 4 is 6.03 Å². The lowest BCUT2D eigenvalue weighted by molar-refractivity contribution is -0.159. The number of rotatable bonds is 5. The molecule has 2 rings (SSSR count). The number of methoxy groups -OCH3 is 1. The number of hydrogen-bond donors (Lipinski definition) is 2. The van der Waals surface area contributed by atoms with E-state index in [-0.39, 0.29) is 19.1 Å². The van der Waals surface area contributed by atoms with Crippen LogP contribution in [0, 0.1) is 0 Å². The van der Waals surface area contributed by atoms with Gasteiger partial charge in [-0.1, -0.05) is 29.4 Å². The summed E-state index contributed by atoms with van der Waals surface area (Å²) in [7, 11) is 1.45. The molecule has 0 saturated carbocycles. The predicted molar refractivity (Wildman–Crippen MR) is 72.0 cm³/mol. The molecule has 0 spiro atoms. The van der Waals surface area contributed by atoms with Gasteiger partial charge in [-0.15, -0.1) is 0 Å². The Bertz CT molecular complexity index is 655. The summed E-state index contributed by atoms with van der Waals surface area (Å²) in [6, 6.07) is 5.94. The van der Waals surface area contributed by atoms with E-state index in [9.17, 15) is 18.0 Å². The minimum Gasteiger partial charge on any atom is -0.364 e. The van der Waals surface area contributed by atoms with E-state index in [0.717, 1.165) is 5.56 Å². The van der Waals surface area contributed by atoms with Crippen LogP contribution in [0.3, 0.4) is 0 Å². The highest BCUT2D eigenvalue weighted by molar-refractivity contribution is 5.73. The molecular weight excluding hydrogens is 317 g/mol. The van der Waals surface area contributed by atoms with Gasteiger partial charge in [-0.05, 0) is 5.56 Å². The number of carbonyl (C=O) groups excluding carboxylic acids is 1. The molecule has 2 aromatic rings. The predicted octanol–water partition coefficient (Wildman–Crippen LogP) is 2.16. The number of carbonyl (C=O) groups is 1. The van der Waals surface area contributed by atoms with E-state index < -0.39 is 18.1 Å². The Hall–Kier alpha value is -2.62. The lowest BCUT2D eigenvalue weighted by Crippen LogP contribution is -2.36. The standard InChI is InChI=1S/C13H13F3N4O3/c1-22-7-18-12(21)17-6-8-2-4-9(5-3-8)10-19-11(23-20-10)13(14,15)16/h2-5H,6-7H2,1H3,(H2,17,18,21). The Morgan fingerprint density at radius 1 is 1.26 bits per heavy atom. The van der Waals surface area contributed by atoms with E-state index in [4.69, 9.17) is 0 Å². The van der Waals surface area contributed by atoms with Crippen LogP contribution in [-0.2, 0) is 17.5 Å². The van der Waals surface area contributed by atoms with E-state index in [1.807, 2.05) is 0 Å². The molecule has 0 aliphatic carbocycles. The first-order valence-corrected chi connectivity index (χ1v) is 6.41. The summed E-state index contributed by atoms with van der Waals surface area (Å²) in [6.45, 7) is 0.333. The van der Waals surface area contributed by atoms with Crippen molar-refractivity contribution < 1.29 is 27.2 Å². The van der Waals surface area contributed by atoms with Crippen LogP contribution in [0.2, 0.25) is 0 Å². The van der Waals surface area contributed by atoms with Crippen molar-refractivity contribution in [3.05, 3.63) is 35.7 Å². The Morgan fingerprint density at radius 2 is 1.96 bits per heavy atom. The van der Waals surface area contributed by atoms with Crippen molar-refractivity contribution in [3.63, 3.8) is 0 Å². The second kappa shape index (κ2) is 7.09. The quantitative estimate of drug-likeness (QED) is 0.820. The number of benzene rings is 1. The molecule has 2 amide bonds. The largest absolute Gasteiger partial charge is 0.471 e. The van der Waals surface area contributed by atoms with Crippen molar-refractivity contribution in [1.82, 2.24) is 20.8 Å². The van der Waals surface area contributed by atoms with Gasteiger partial charge in [-0.3, -0.25) is 0 Å². The minimum atomic E-state index is -4.68. The number of amides is 2. The average Bonchev–Trinajstić information content (AvgIpc) is 3.01. The van der Waals surface area contributed by atoms with Gasteiger partial charge in [-0.2, -0.15) is 18.2 Å². The topological polar surface area (TPSA) is 89.3 Å². The maximum Gasteiger partial charge on any atom is 0.471 e. The normalized spacial score (nSPS) is 11.3. The van der Waals surface area contributed by atoms with Crippen LogP contribution in [0.15, 0.2) is 28.8 Å². The fraction of sp³-hybridized carbons (Fsp3) is 0.308. The zero-order valence-electron chi connectivity index (χ0n) is 12.0. The number of nitrogens with one attached hydrogen (secondary N) is 2. The highest BCUT2D eigenvalue weighted by atomic mass is 19.4. The summed E-state index contributed by atoms with van der Waals surface area (Å²) in [6.07, 6.45) is -4.68. The van der Waals surface area contributed by atoms with Crippen molar-refractivity contribution in [3.8, 4) is 11.4 Å². The fourth-order valence-corrected chi connectivity index (χ4v) is 1.61. The maximum absolute atomic E-state index is 12.4. The molecule has 0 atom stereocenters. The zero-order valence-corrected chi connectivity index (χ0v) is 12.0. The van der Waals surface area contributed by atoms with Gasteiger partial charge in [-0.25, -0.2) is 4.79 Å². The third kappa shape index (κ3) is 4.68. The summed E-state index contributed by atoms with van der Waals surface area (Å²) in [5.74, 6) is -1.55. The van der Waals surface area contributed by atoms with Gasteiger partial charge < -0.3 is 19.9 Å². The molecule has 0 radical (unpaired) electrons. The minimum absolute atomic E-state index is 0.0874. The van der Waals surface area contributed by atoms with Gasteiger partial charge >= 0.3 is 18.1 Å². The van der Waals surface area contributed by atoms with Crippen molar-refractivity contribution in [1.29, 1.82) is 0 Å². The van der Waals surface area contributed by atoms with Crippen LogP contribution < -0.4 is 10.6 Å². The van der Waals surface area contributed by atoms with E-state index in [1.165, 1.54) is 19.2 Å². The number of urea groups is 1. The third-order valence-electron chi connectivity index (χ3n) is 2.71. The lowest BCUT2D eigenvalue weighted by atomic mass is 10.1. The zero-order chi connectivity index (χ0) is 16.9. The molecule has 7 nitrogen and oxygen atoms in total. The first-order valence-electron chi connectivity index (χ1n) is 6.41. The maximum atomic E-state index is 12.4. The number of ether oxygens (including phenoxy) is 1. The Kier molecular flexibility index (Phi) is 5.16. The number of nitrogens with zero attached hydrogens (tertiary/aromatic N) is 2. The van der Waals surface area contributed by atoms with Gasteiger partial charge in [0.05, 0.1) is 0 Å². The number of aromatic nitrogens is 2. The van der Waals surface area contributed by atoms with Crippen LogP contribution in [0.1, 0.15) is 11.5 Å². The van der Waals surface area contributed by atoms with Crippen molar-refractivity contribution in [2.75, 3.05) is 13.8 Å². The van der Waals surface area contributed by atoms with Gasteiger partial charge in [0.25, 0.3) is 0 Å². The molecule has 0 aliphatic rings. The molecule has 0 aliphatic heterocycles. The fourth-order valence-electron chi connectivity index (χ4n) is 1.61. The Morgan fingerprint density at radius 3 is 2.52 bits per heavy atom. The second-order valence-corrected chi connectivity index (χ2v) is 4.41. The summed E-state index contributed by atoms with van der Waals surface area (Å²) >= 11 is 0. The van der Waals surface area contributed by atoms with Crippen molar-refractivity contribution in [2.24, 2.45) is 0 Å². The molecule has 0 saturated heterocycles. The monoisotopic (exact) mass is 330 g/mol. The van der Waals surface area contributed by atoms with Crippen LogP contribution in [-0.4, -0.2) is 30.0 Å². The Balaban J connectivity index is 1.97. The van der Waals surface area contributed by atoms with E-state index in [2.05, 4.69) is 30.0 Å². The molecule has 0 unspecified atom stereocenters. The van der Waals surface area contributed by atoms with E-state index in [1.54, 1.807) is 12.1 Å². The molecule has 1 aromatic carbocycles. The molecule has 1 aromatic heterocycles. The SMILES string of the molecule is COCNC(=O)NCc1ccc(-c2noc(C(F)(F)F)n2)cc1. The molecule has 10 heteroatoms. The summed E-state index contributed by atoms with van der Waals surface area (Å²) in [5, 5.41) is 8.32. The first kappa shape index (κ1) is 16.7. The van der Waals surface area contributed by atoms with Gasteiger partial charge in [0, 0.05) is 19.2 Å². The highest BCUT2D eigenvalue weighted by Crippen LogP contribution is 2.29. The summed E-state index contributed by atoms with van der Waals surface area (Å²) in [4.78, 5) is 14.6. The molecule has 0 bridgehead atoms. The van der Waals surface area contributed by atoms with E-state index in [0.29, 0.717) is 5.56 Å². The lowest BCUT2D eigenvalue weighted by Gasteiger charge is -2.07. The summed E-state index contributed by atoms with van der Waals surface area (Å²) in [5.41, 5.74) is 1.12. The first-order chi connectivity index (χ1) is 10.9. The molecule has 124 valence electrons. The van der Waals surface area contributed by atoms with Crippen LogP contribution >= 0.6 is 0 Å². The van der Waals surface area contributed by atoms with Gasteiger partial charge in [0.15, 0.2) is 0 Å². The smallest absolute Gasteiger partial charge is 0.364 e. The van der Waals surface area contributed by atoms with Crippen LogP contribution in [0.4, 0.5) is 18.0 Å². The third-order valence-corrected chi connectivity index (χ3v) is 2.71. The van der Waals surface area contributed by atoms with E-state index >= 15 is 0 Å². The number of alkyl halides is 3. The molecule has 23 heavy (non-hydrogen) atoms. The van der Waals surface area contributed by atoms with Crippen LogP contribution in [0.25, 0.3) is 11.4 Å². The van der Waals surface area contributed by atoms with Crippen molar-refractivity contribution in [2.45, 2.75) is 12.7 Å². The number of hydrogen-bond acceptors (Lipinski definition) is 5. The molecular formula is C13H13F3N4O3. The van der Waals surface area contributed by atoms with Gasteiger partial charge in [0.1, 0.15) is 6.73 Å². The summed E-state index contributed by atoms with van der Waals surface area (Å²) < 4.78 is 46.0.